The Morgan fingerprint density at radius 1 is 1.38 bits per heavy atom. The van der Waals surface area contributed by atoms with Gasteiger partial charge >= 0.3 is 11.9 Å². The van der Waals surface area contributed by atoms with Gasteiger partial charge < -0.3 is 29.8 Å². The lowest BCUT2D eigenvalue weighted by Crippen LogP contribution is -2.49. The number of hydrogen-bond donors (Lipinski definition) is 1. The van der Waals surface area contributed by atoms with Crippen LogP contribution in [0.15, 0.2) is 18.3 Å². The van der Waals surface area contributed by atoms with E-state index in [4.69, 9.17) is 9.84 Å². The summed E-state index contributed by atoms with van der Waals surface area (Å²) in [6.07, 6.45) is 1.02. The molecule has 9 heteroatoms. The molecule has 0 atom stereocenters. The Kier molecular flexibility index (Phi) is 4.88. The van der Waals surface area contributed by atoms with Gasteiger partial charge in [-0.15, -0.1) is 0 Å². The summed E-state index contributed by atoms with van der Waals surface area (Å²) in [4.78, 5) is 28.9. The van der Waals surface area contributed by atoms with Crippen molar-refractivity contribution in [2.75, 3.05) is 44.3 Å². The highest BCUT2D eigenvalue weighted by Crippen LogP contribution is 2.18. The van der Waals surface area contributed by atoms with E-state index in [0.29, 0.717) is 26.2 Å². The van der Waals surface area contributed by atoms with Gasteiger partial charge in [-0.2, -0.15) is 0 Å². The van der Waals surface area contributed by atoms with E-state index in [1.54, 1.807) is 11.0 Å². The summed E-state index contributed by atoms with van der Waals surface area (Å²) in [5, 5.41) is 19.2. The second-order valence-electron chi connectivity index (χ2n) is 4.44. The SMILES string of the molecule is O=C(OCCO)N1CCN(c2ccc([N+](=O)[O-])nc2)CC1. The van der Waals surface area contributed by atoms with E-state index in [-0.39, 0.29) is 19.0 Å². The maximum absolute atomic E-state index is 11.6. The van der Waals surface area contributed by atoms with Gasteiger partial charge in [0.2, 0.25) is 0 Å². The Morgan fingerprint density at radius 2 is 2.10 bits per heavy atom. The fraction of sp³-hybridized carbons (Fsp3) is 0.500. The van der Waals surface area contributed by atoms with Gasteiger partial charge in [-0.3, -0.25) is 0 Å². The van der Waals surface area contributed by atoms with Crippen LogP contribution in [-0.4, -0.2) is 65.4 Å². The number of carbonyl (C=O) groups excluding carboxylic acids is 1. The fourth-order valence-electron chi connectivity index (χ4n) is 2.04. The van der Waals surface area contributed by atoms with Gasteiger partial charge in [-0.25, -0.2) is 4.79 Å². The van der Waals surface area contributed by atoms with Crippen molar-refractivity contribution in [2.24, 2.45) is 0 Å². The van der Waals surface area contributed by atoms with Gasteiger partial charge in [0.1, 0.15) is 6.61 Å². The van der Waals surface area contributed by atoms with Crippen LogP contribution in [0.25, 0.3) is 0 Å². The highest BCUT2D eigenvalue weighted by Gasteiger charge is 2.23. The average Bonchev–Trinajstić information content (AvgIpc) is 2.53. The normalized spacial score (nSPS) is 14.9. The van der Waals surface area contributed by atoms with Gasteiger partial charge in [0.15, 0.2) is 6.20 Å². The van der Waals surface area contributed by atoms with E-state index >= 15 is 0 Å². The molecule has 1 aliphatic heterocycles. The highest BCUT2D eigenvalue weighted by molar-refractivity contribution is 5.68. The van der Waals surface area contributed by atoms with Crippen LogP contribution >= 0.6 is 0 Å². The molecule has 1 aliphatic rings. The molecule has 21 heavy (non-hydrogen) atoms. The van der Waals surface area contributed by atoms with Gasteiger partial charge in [-0.05, 0) is 16.0 Å². The van der Waals surface area contributed by atoms with Crippen LogP contribution in [0.2, 0.25) is 0 Å². The van der Waals surface area contributed by atoms with Crippen molar-refractivity contribution in [1.82, 2.24) is 9.88 Å². The molecule has 0 saturated carbocycles. The summed E-state index contributed by atoms with van der Waals surface area (Å²) in [6, 6.07) is 3.00. The van der Waals surface area contributed by atoms with E-state index in [2.05, 4.69) is 4.98 Å². The Morgan fingerprint density at radius 3 is 2.62 bits per heavy atom. The number of rotatable bonds is 4. The quantitative estimate of drug-likeness (QED) is 0.626. The second-order valence-corrected chi connectivity index (χ2v) is 4.44. The monoisotopic (exact) mass is 296 g/mol. The Balaban J connectivity index is 1.88. The highest BCUT2D eigenvalue weighted by atomic mass is 16.6. The minimum Gasteiger partial charge on any atom is -0.447 e. The van der Waals surface area contributed by atoms with Crippen molar-refractivity contribution >= 4 is 17.6 Å². The molecule has 2 heterocycles. The van der Waals surface area contributed by atoms with Crippen LogP contribution in [0, 0.1) is 10.1 Å². The zero-order valence-corrected chi connectivity index (χ0v) is 11.3. The molecular weight excluding hydrogens is 280 g/mol. The number of pyridine rings is 1. The summed E-state index contributed by atoms with van der Waals surface area (Å²) in [6.45, 7) is 1.95. The smallest absolute Gasteiger partial charge is 0.409 e. The number of carbonyl (C=O) groups is 1. The van der Waals surface area contributed by atoms with E-state index in [0.717, 1.165) is 5.69 Å². The molecule has 9 nitrogen and oxygen atoms in total. The first-order chi connectivity index (χ1) is 10.1. The topological polar surface area (TPSA) is 109 Å². The zero-order valence-electron chi connectivity index (χ0n) is 11.3. The van der Waals surface area contributed by atoms with E-state index in [1.807, 2.05) is 4.90 Å². The number of nitrogens with zero attached hydrogens (tertiary/aromatic N) is 4. The standard InChI is InChI=1S/C12H16N4O5/c17-7-8-21-12(18)15-5-3-14(4-6-15)10-1-2-11(13-9-10)16(19)20/h1-2,9,17H,3-8H2. The maximum atomic E-state index is 11.6. The summed E-state index contributed by atoms with van der Waals surface area (Å²) in [7, 11) is 0. The van der Waals surface area contributed by atoms with Crippen LogP contribution in [0.4, 0.5) is 16.3 Å². The molecule has 1 saturated heterocycles. The molecule has 0 radical (unpaired) electrons. The molecular formula is C12H16N4O5. The van der Waals surface area contributed by atoms with Crippen molar-refractivity contribution in [2.45, 2.75) is 0 Å². The Bertz CT molecular complexity index is 499. The Hall–Kier alpha value is -2.42. The molecule has 0 bridgehead atoms. The largest absolute Gasteiger partial charge is 0.447 e. The lowest BCUT2D eigenvalue weighted by atomic mass is 10.3. The fourth-order valence-corrected chi connectivity index (χ4v) is 2.04. The lowest BCUT2D eigenvalue weighted by Gasteiger charge is -2.34. The molecule has 1 N–H and O–H groups in total. The molecule has 0 aromatic carbocycles. The number of nitro groups is 1. The predicted molar refractivity (Wildman–Crippen MR) is 73.1 cm³/mol. The number of aliphatic hydroxyl groups is 1. The summed E-state index contributed by atoms with van der Waals surface area (Å²) < 4.78 is 4.84. The molecule has 1 aromatic heterocycles. The summed E-state index contributed by atoms with van der Waals surface area (Å²) in [5.41, 5.74) is 0.781. The number of aliphatic hydroxyl groups excluding tert-OH is 1. The lowest BCUT2D eigenvalue weighted by molar-refractivity contribution is -0.389. The minimum atomic E-state index is -0.543. The van der Waals surface area contributed by atoms with Crippen molar-refractivity contribution < 1.29 is 19.6 Å². The number of ether oxygens (including phenoxy) is 1. The third-order valence-corrected chi connectivity index (χ3v) is 3.14. The van der Waals surface area contributed by atoms with Crippen LogP contribution in [0.1, 0.15) is 0 Å². The number of aromatic nitrogens is 1. The molecule has 114 valence electrons. The number of amides is 1. The number of anilines is 1. The average molecular weight is 296 g/mol. The maximum Gasteiger partial charge on any atom is 0.409 e. The molecule has 1 aromatic rings. The van der Waals surface area contributed by atoms with Gasteiger partial charge in [0.25, 0.3) is 0 Å². The number of hydrogen-bond acceptors (Lipinski definition) is 7. The van der Waals surface area contributed by atoms with Gasteiger partial charge in [-0.1, -0.05) is 0 Å². The third-order valence-electron chi connectivity index (χ3n) is 3.14. The Labute approximate surface area is 120 Å². The first-order valence-electron chi connectivity index (χ1n) is 6.50. The van der Waals surface area contributed by atoms with Crippen LogP contribution in [0.5, 0.6) is 0 Å². The van der Waals surface area contributed by atoms with Crippen LogP contribution in [-0.2, 0) is 4.74 Å². The van der Waals surface area contributed by atoms with Crippen LogP contribution in [0.3, 0.4) is 0 Å². The van der Waals surface area contributed by atoms with Gasteiger partial charge in [0, 0.05) is 32.2 Å². The van der Waals surface area contributed by atoms with E-state index < -0.39 is 11.0 Å². The molecule has 0 aliphatic carbocycles. The minimum absolute atomic E-state index is 0.00861. The summed E-state index contributed by atoms with van der Waals surface area (Å²) >= 11 is 0. The summed E-state index contributed by atoms with van der Waals surface area (Å²) in [5.74, 6) is -0.190. The first-order valence-corrected chi connectivity index (χ1v) is 6.50. The van der Waals surface area contributed by atoms with Gasteiger partial charge in [0.05, 0.1) is 12.3 Å². The zero-order chi connectivity index (χ0) is 15.2. The predicted octanol–water partition coefficient (Wildman–Crippen LogP) is 0.241. The molecule has 0 spiro atoms. The molecule has 0 unspecified atom stereocenters. The second kappa shape index (κ2) is 6.84. The molecule has 1 fully saturated rings. The number of piperazine rings is 1. The van der Waals surface area contributed by atoms with Crippen molar-refractivity contribution in [3.05, 3.63) is 28.4 Å². The first kappa shape index (κ1) is 15.0. The van der Waals surface area contributed by atoms with Crippen molar-refractivity contribution in [3.8, 4) is 0 Å². The molecule has 2 rings (SSSR count). The third kappa shape index (κ3) is 3.78. The van der Waals surface area contributed by atoms with Crippen molar-refractivity contribution in [1.29, 1.82) is 0 Å². The molecule has 1 amide bonds. The van der Waals surface area contributed by atoms with Crippen LogP contribution < -0.4 is 4.90 Å². The van der Waals surface area contributed by atoms with Crippen molar-refractivity contribution in [3.63, 3.8) is 0 Å². The van der Waals surface area contributed by atoms with E-state index in [1.165, 1.54) is 12.3 Å². The van der Waals surface area contributed by atoms with E-state index in [9.17, 15) is 14.9 Å².